The summed E-state index contributed by atoms with van der Waals surface area (Å²) in [6.07, 6.45) is 1.74. The van der Waals surface area contributed by atoms with E-state index in [0.29, 0.717) is 13.1 Å². The number of urea groups is 1. The Morgan fingerprint density at radius 3 is 2.84 bits per heavy atom. The lowest BCUT2D eigenvalue weighted by atomic mass is 9.99. The van der Waals surface area contributed by atoms with Gasteiger partial charge in [-0.25, -0.2) is 9.78 Å². The second-order valence-corrected chi connectivity index (χ2v) is 6.15. The molecule has 2 heterocycles. The number of aliphatic carboxylic acids is 1. The lowest BCUT2D eigenvalue weighted by Crippen LogP contribution is -2.38. The molecule has 1 aliphatic heterocycles. The van der Waals surface area contributed by atoms with E-state index in [4.69, 9.17) is 5.11 Å². The maximum Gasteiger partial charge on any atom is 0.317 e. The third-order valence-corrected chi connectivity index (χ3v) is 4.21. The second-order valence-electron chi connectivity index (χ2n) is 4.83. The van der Waals surface area contributed by atoms with E-state index in [9.17, 15) is 9.59 Å². The highest BCUT2D eigenvalue weighted by molar-refractivity contribution is 7.11. The summed E-state index contributed by atoms with van der Waals surface area (Å²) in [4.78, 5) is 29.6. The van der Waals surface area contributed by atoms with Gasteiger partial charge in [0.2, 0.25) is 0 Å². The summed E-state index contributed by atoms with van der Waals surface area (Å²) in [6, 6.07) is -0.207. The van der Waals surface area contributed by atoms with Crippen molar-refractivity contribution in [3.63, 3.8) is 0 Å². The zero-order chi connectivity index (χ0) is 14.0. The molecule has 0 spiro atoms. The van der Waals surface area contributed by atoms with Gasteiger partial charge < -0.3 is 15.3 Å². The van der Waals surface area contributed by atoms with Crippen LogP contribution in [0.3, 0.4) is 0 Å². The van der Waals surface area contributed by atoms with Crippen molar-refractivity contribution in [1.82, 2.24) is 15.2 Å². The average Bonchev–Trinajstić information content (AvgIpc) is 2.92. The molecule has 104 valence electrons. The van der Waals surface area contributed by atoms with Crippen LogP contribution in [0.4, 0.5) is 4.79 Å². The number of hydrogen-bond acceptors (Lipinski definition) is 4. The fraction of sp³-hybridized carbons (Fsp3) is 0.583. The third-order valence-electron chi connectivity index (χ3n) is 3.30. The zero-order valence-corrected chi connectivity index (χ0v) is 11.7. The highest BCUT2D eigenvalue weighted by atomic mass is 32.1. The molecule has 2 rings (SSSR count). The molecule has 2 unspecified atom stereocenters. The number of aromatic nitrogens is 1. The molecule has 0 radical (unpaired) electrons. The van der Waals surface area contributed by atoms with Crippen molar-refractivity contribution in [1.29, 1.82) is 0 Å². The minimum atomic E-state index is -0.833. The van der Waals surface area contributed by atoms with Gasteiger partial charge in [-0.05, 0) is 12.8 Å². The number of hydrogen-bond donors (Lipinski definition) is 2. The normalized spacial score (nSPS) is 22.5. The van der Waals surface area contributed by atoms with Gasteiger partial charge in [0.05, 0.1) is 17.5 Å². The minimum Gasteiger partial charge on any atom is -0.481 e. The molecule has 0 aromatic carbocycles. The van der Waals surface area contributed by atoms with Gasteiger partial charge in [0, 0.05) is 24.2 Å². The van der Waals surface area contributed by atoms with Gasteiger partial charge in [0.25, 0.3) is 0 Å². The fourth-order valence-corrected chi connectivity index (χ4v) is 2.95. The smallest absolute Gasteiger partial charge is 0.317 e. The summed E-state index contributed by atoms with van der Waals surface area (Å²) in [6.45, 7) is 4.98. The van der Waals surface area contributed by atoms with E-state index in [0.717, 1.165) is 9.88 Å². The number of aryl methyl sites for hydroxylation is 1. The van der Waals surface area contributed by atoms with Crippen LogP contribution in [0.15, 0.2) is 6.20 Å². The Morgan fingerprint density at radius 2 is 2.32 bits per heavy atom. The third kappa shape index (κ3) is 3.23. The molecule has 1 aliphatic rings. The van der Waals surface area contributed by atoms with Crippen molar-refractivity contribution >= 4 is 23.3 Å². The first-order valence-electron chi connectivity index (χ1n) is 6.14. The fourth-order valence-electron chi connectivity index (χ4n) is 2.22. The Kier molecular flexibility index (Phi) is 4.04. The Bertz CT molecular complexity index is 488. The highest BCUT2D eigenvalue weighted by Gasteiger charge is 2.36. The van der Waals surface area contributed by atoms with Crippen LogP contribution in [0.5, 0.6) is 0 Å². The van der Waals surface area contributed by atoms with Crippen LogP contribution in [0.2, 0.25) is 0 Å². The number of amides is 2. The van der Waals surface area contributed by atoms with Crippen LogP contribution in [-0.2, 0) is 11.3 Å². The van der Waals surface area contributed by atoms with Gasteiger partial charge in [0.15, 0.2) is 0 Å². The first-order chi connectivity index (χ1) is 8.97. The van der Waals surface area contributed by atoms with E-state index in [2.05, 4.69) is 10.3 Å². The Morgan fingerprint density at radius 1 is 1.58 bits per heavy atom. The zero-order valence-electron chi connectivity index (χ0n) is 10.9. The first-order valence-corrected chi connectivity index (χ1v) is 6.96. The van der Waals surface area contributed by atoms with E-state index in [1.807, 2.05) is 13.8 Å². The van der Waals surface area contributed by atoms with Gasteiger partial charge in [-0.3, -0.25) is 4.79 Å². The van der Waals surface area contributed by atoms with E-state index in [1.165, 1.54) is 11.3 Å². The van der Waals surface area contributed by atoms with Crippen LogP contribution in [0, 0.1) is 18.8 Å². The van der Waals surface area contributed by atoms with Crippen LogP contribution in [0.25, 0.3) is 0 Å². The maximum absolute atomic E-state index is 11.9. The highest BCUT2D eigenvalue weighted by Crippen LogP contribution is 2.23. The predicted molar refractivity (Wildman–Crippen MR) is 70.9 cm³/mol. The van der Waals surface area contributed by atoms with Crippen molar-refractivity contribution in [3.05, 3.63) is 16.1 Å². The quantitative estimate of drug-likeness (QED) is 0.876. The predicted octanol–water partition coefficient (Wildman–Crippen LogP) is 1.31. The van der Waals surface area contributed by atoms with Crippen molar-refractivity contribution in [2.45, 2.75) is 20.4 Å². The number of rotatable bonds is 3. The molecule has 7 heteroatoms. The molecule has 0 bridgehead atoms. The monoisotopic (exact) mass is 283 g/mol. The standard InChI is InChI=1S/C12H17N3O3S/c1-7-5-15(6-10(7)11(16)17)12(18)14-4-9-3-13-8(2)19-9/h3,7,10H,4-6H2,1-2H3,(H,14,18)(H,16,17). The minimum absolute atomic E-state index is 0.00565. The molecule has 1 fully saturated rings. The molecule has 0 aliphatic carbocycles. The Labute approximate surface area is 115 Å². The molecule has 6 nitrogen and oxygen atoms in total. The molecule has 1 aromatic heterocycles. The first kappa shape index (κ1) is 13.8. The topological polar surface area (TPSA) is 82.5 Å². The molecule has 19 heavy (non-hydrogen) atoms. The summed E-state index contributed by atoms with van der Waals surface area (Å²) >= 11 is 1.54. The summed E-state index contributed by atoms with van der Waals surface area (Å²) < 4.78 is 0. The molecular formula is C12H17N3O3S. The summed E-state index contributed by atoms with van der Waals surface area (Å²) in [5.41, 5.74) is 0. The van der Waals surface area contributed by atoms with E-state index in [-0.39, 0.29) is 18.5 Å². The number of carbonyl (C=O) groups excluding carboxylic acids is 1. The number of thiazole rings is 1. The molecule has 1 aromatic rings. The molecule has 1 saturated heterocycles. The molecule has 0 saturated carbocycles. The van der Waals surface area contributed by atoms with Gasteiger partial charge >= 0.3 is 12.0 Å². The van der Waals surface area contributed by atoms with E-state index >= 15 is 0 Å². The van der Waals surface area contributed by atoms with Gasteiger partial charge in [-0.1, -0.05) is 6.92 Å². The molecular weight excluding hydrogens is 266 g/mol. The van der Waals surface area contributed by atoms with E-state index in [1.54, 1.807) is 11.1 Å². The maximum atomic E-state index is 11.9. The second kappa shape index (κ2) is 5.56. The summed E-state index contributed by atoms with van der Waals surface area (Å²) in [5, 5.41) is 12.8. The number of carboxylic acid groups (broad SMARTS) is 1. The Hall–Kier alpha value is -1.63. The number of nitrogens with zero attached hydrogens (tertiary/aromatic N) is 2. The van der Waals surface area contributed by atoms with Crippen molar-refractivity contribution < 1.29 is 14.7 Å². The number of likely N-dealkylation sites (tertiary alicyclic amines) is 1. The summed E-state index contributed by atoms with van der Waals surface area (Å²) in [7, 11) is 0. The SMILES string of the molecule is Cc1ncc(CNC(=O)N2CC(C)C(C(=O)O)C2)s1. The van der Waals surface area contributed by atoms with Crippen molar-refractivity contribution in [2.24, 2.45) is 11.8 Å². The number of nitrogens with one attached hydrogen (secondary N) is 1. The van der Waals surface area contributed by atoms with Crippen LogP contribution < -0.4 is 5.32 Å². The molecule has 2 N–H and O–H groups in total. The Balaban J connectivity index is 1.86. The lowest BCUT2D eigenvalue weighted by molar-refractivity contribution is -0.142. The molecule has 2 amide bonds. The van der Waals surface area contributed by atoms with E-state index < -0.39 is 11.9 Å². The van der Waals surface area contributed by atoms with Gasteiger partial charge in [-0.2, -0.15) is 0 Å². The van der Waals surface area contributed by atoms with Gasteiger partial charge in [-0.15, -0.1) is 11.3 Å². The largest absolute Gasteiger partial charge is 0.481 e. The average molecular weight is 283 g/mol. The van der Waals surface area contributed by atoms with Crippen molar-refractivity contribution in [3.8, 4) is 0 Å². The molecule has 2 atom stereocenters. The van der Waals surface area contributed by atoms with Gasteiger partial charge in [0.1, 0.15) is 0 Å². The van der Waals surface area contributed by atoms with Crippen LogP contribution in [-0.4, -0.2) is 40.1 Å². The number of carbonyl (C=O) groups is 2. The number of carboxylic acids is 1. The van der Waals surface area contributed by atoms with Crippen LogP contribution in [0.1, 0.15) is 16.8 Å². The van der Waals surface area contributed by atoms with Crippen LogP contribution >= 0.6 is 11.3 Å². The summed E-state index contributed by atoms with van der Waals surface area (Å²) in [5.74, 6) is -1.30. The van der Waals surface area contributed by atoms with Crippen molar-refractivity contribution in [2.75, 3.05) is 13.1 Å². The lowest BCUT2D eigenvalue weighted by Gasteiger charge is -2.16.